The van der Waals surface area contributed by atoms with Crippen molar-refractivity contribution in [3.05, 3.63) is 36.2 Å². The number of fused-ring (bicyclic) bond motifs is 3. The first kappa shape index (κ1) is 36.6. The van der Waals surface area contributed by atoms with Crippen LogP contribution in [0.1, 0.15) is 90.2 Å². The number of nitrogens with one attached hydrogen (secondary N) is 1. The lowest BCUT2D eigenvalue weighted by molar-refractivity contribution is -0.127. The highest BCUT2D eigenvalue weighted by molar-refractivity contribution is 6.09. The van der Waals surface area contributed by atoms with Gasteiger partial charge in [-0.25, -0.2) is 14.8 Å². The second kappa shape index (κ2) is 14.1. The average molecular weight is 752 g/mol. The molecular weight excluding hydrogens is 695 g/mol. The minimum Gasteiger partial charge on any atom is -0.465 e. The summed E-state index contributed by atoms with van der Waals surface area (Å²) >= 11 is 0. The summed E-state index contributed by atoms with van der Waals surface area (Å²) in [4.78, 5) is 60.0. The number of rotatable bonds is 10. The Labute approximate surface area is 324 Å². The van der Waals surface area contributed by atoms with E-state index in [2.05, 4.69) is 67.6 Å². The van der Waals surface area contributed by atoms with E-state index < -0.39 is 17.0 Å². The number of nitrogens with zero attached hydrogens (tertiary/aromatic N) is 8. The Bertz CT molecular complexity index is 1950. The van der Waals surface area contributed by atoms with Gasteiger partial charge in [0, 0.05) is 68.1 Å². The number of hydrogen-bond donors (Lipinski definition) is 2. The van der Waals surface area contributed by atoms with E-state index >= 15 is 4.79 Å². The first-order valence-corrected chi connectivity index (χ1v) is 20.9. The number of anilines is 2. The standard InChI is InChI=1S/C42H57N9O4/c1-28(2)50-27-43-35-24-34(45-38(37(35)50)44-30-8-9-30)29-7-10-33-36(21-29)51(32-22-31(23-32)47-13-5-4-6-14-47)39(53)42(33)11-15-46(16-12-42)25-41(3,26-52)49-19-17-48(18-20-49)40(54)55/h7,10,21,24,26-28,30-32H,4-6,8-9,11-20,22-23,25H2,1-3H3,(H,44,45)(H,54,55). The third-order valence-corrected chi connectivity index (χ3v) is 13.9. The molecule has 4 aliphatic heterocycles. The lowest BCUT2D eigenvalue weighted by Gasteiger charge is -2.48. The molecule has 3 aromatic rings. The minimum atomic E-state index is -0.911. The van der Waals surface area contributed by atoms with Crippen molar-refractivity contribution >= 4 is 40.8 Å². The maximum atomic E-state index is 15.0. The summed E-state index contributed by atoms with van der Waals surface area (Å²) < 4.78 is 2.20. The van der Waals surface area contributed by atoms with Crippen molar-refractivity contribution in [3.8, 4) is 11.3 Å². The van der Waals surface area contributed by atoms with E-state index in [-0.39, 0.29) is 18.0 Å². The minimum absolute atomic E-state index is 0.179. The monoisotopic (exact) mass is 751 g/mol. The number of piperazine rings is 1. The van der Waals surface area contributed by atoms with E-state index in [0.717, 1.165) is 71.3 Å². The van der Waals surface area contributed by atoms with Crippen molar-refractivity contribution < 1.29 is 19.5 Å². The lowest BCUT2D eigenvalue weighted by Crippen LogP contribution is -2.62. The molecule has 5 fully saturated rings. The fourth-order valence-corrected chi connectivity index (χ4v) is 10.2. The van der Waals surface area contributed by atoms with Gasteiger partial charge in [0.25, 0.3) is 0 Å². The number of carboxylic acid groups (broad SMARTS) is 1. The number of carbonyl (C=O) groups is 3. The van der Waals surface area contributed by atoms with Gasteiger partial charge in [-0.1, -0.05) is 18.6 Å². The van der Waals surface area contributed by atoms with E-state index in [1.165, 1.54) is 37.3 Å². The highest BCUT2D eigenvalue weighted by Gasteiger charge is 2.56. The predicted molar refractivity (Wildman–Crippen MR) is 213 cm³/mol. The third kappa shape index (κ3) is 6.49. The average Bonchev–Trinajstić information content (AvgIpc) is 3.84. The second-order valence-corrected chi connectivity index (χ2v) is 17.8. The van der Waals surface area contributed by atoms with E-state index in [9.17, 15) is 14.7 Å². The van der Waals surface area contributed by atoms with Crippen LogP contribution < -0.4 is 10.2 Å². The van der Waals surface area contributed by atoms with Crippen molar-refractivity contribution in [2.45, 2.75) is 114 Å². The molecule has 2 aromatic heterocycles. The number of aromatic nitrogens is 3. The van der Waals surface area contributed by atoms with Gasteiger partial charge in [0.2, 0.25) is 5.91 Å². The van der Waals surface area contributed by atoms with Gasteiger partial charge >= 0.3 is 6.09 Å². The van der Waals surface area contributed by atoms with Crippen LogP contribution in [0.25, 0.3) is 22.3 Å². The van der Waals surface area contributed by atoms with Gasteiger partial charge in [-0.2, -0.15) is 0 Å². The predicted octanol–water partition coefficient (Wildman–Crippen LogP) is 5.20. The van der Waals surface area contributed by atoms with E-state index in [0.29, 0.717) is 70.7 Å². The molecule has 55 heavy (non-hydrogen) atoms. The number of carbonyl (C=O) groups excluding carboxylic acids is 2. The molecule has 2 aliphatic carbocycles. The maximum absolute atomic E-state index is 15.0. The highest BCUT2D eigenvalue weighted by Crippen LogP contribution is 2.52. The zero-order valence-electron chi connectivity index (χ0n) is 32.8. The van der Waals surface area contributed by atoms with Crippen LogP contribution in [-0.2, 0) is 15.0 Å². The summed E-state index contributed by atoms with van der Waals surface area (Å²) in [5, 5.41) is 13.1. The Kier molecular flexibility index (Phi) is 9.40. The Hall–Kier alpha value is -4.07. The Morgan fingerprint density at radius 3 is 2.38 bits per heavy atom. The fourth-order valence-electron chi connectivity index (χ4n) is 10.2. The molecule has 1 atom stereocenters. The topological polar surface area (TPSA) is 130 Å². The zero-order chi connectivity index (χ0) is 38.1. The summed E-state index contributed by atoms with van der Waals surface area (Å²) in [5.74, 6) is 1.12. The molecule has 0 bridgehead atoms. The van der Waals surface area contributed by atoms with Gasteiger partial charge in [0.15, 0.2) is 5.82 Å². The van der Waals surface area contributed by atoms with Crippen LogP contribution in [0.4, 0.5) is 16.3 Å². The van der Waals surface area contributed by atoms with Crippen molar-refractivity contribution in [3.63, 3.8) is 0 Å². The molecule has 6 aliphatic rings. The maximum Gasteiger partial charge on any atom is 0.407 e. The first-order chi connectivity index (χ1) is 26.6. The molecule has 1 spiro atoms. The SMILES string of the molecule is CC(C)n1cnc2cc(-c3ccc4c(c3)N(C3CC(N5CCCCC5)C3)C(=O)C43CCN(CC(C)(C=O)N4CCN(C(=O)O)CC4)CC3)nc(NC3CC3)c21. The Morgan fingerprint density at radius 2 is 1.73 bits per heavy atom. The zero-order valence-corrected chi connectivity index (χ0v) is 32.8. The molecule has 13 heteroatoms. The number of aldehydes is 1. The van der Waals surface area contributed by atoms with E-state index in [4.69, 9.17) is 9.97 Å². The quantitative estimate of drug-likeness (QED) is 0.267. The van der Waals surface area contributed by atoms with Crippen molar-refractivity contribution in [1.82, 2.24) is 34.1 Å². The number of amides is 2. The molecule has 9 rings (SSSR count). The van der Waals surface area contributed by atoms with Gasteiger partial charge in [0.05, 0.1) is 28.5 Å². The van der Waals surface area contributed by atoms with Crippen LogP contribution in [0.5, 0.6) is 0 Å². The molecule has 2 amide bonds. The summed E-state index contributed by atoms with van der Waals surface area (Å²) in [5.41, 5.74) is 4.68. The Balaban J connectivity index is 1.00. The highest BCUT2D eigenvalue weighted by atomic mass is 16.4. The summed E-state index contributed by atoms with van der Waals surface area (Å²) in [6, 6.07) is 10.1. The largest absolute Gasteiger partial charge is 0.465 e. The van der Waals surface area contributed by atoms with Crippen LogP contribution in [0.15, 0.2) is 30.6 Å². The molecule has 1 aromatic carbocycles. The summed E-state index contributed by atoms with van der Waals surface area (Å²) in [6.45, 7) is 12.5. The smallest absolute Gasteiger partial charge is 0.407 e. The molecule has 2 N–H and O–H groups in total. The molecule has 6 heterocycles. The van der Waals surface area contributed by atoms with E-state index in [1.807, 2.05) is 13.3 Å². The van der Waals surface area contributed by atoms with Gasteiger partial charge in [-0.05, 0) is 116 Å². The van der Waals surface area contributed by atoms with Gasteiger partial charge < -0.3 is 39.4 Å². The van der Waals surface area contributed by atoms with Crippen molar-refractivity contribution in [2.75, 3.05) is 69.1 Å². The molecule has 2 saturated carbocycles. The Morgan fingerprint density at radius 1 is 1.00 bits per heavy atom. The van der Waals surface area contributed by atoms with Crippen LogP contribution in [-0.4, -0.2) is 140 Å². The summed E-state index contributed by atoms with van der Waals surface area (Å²) in [6.07, 6.45) is 11.6. The van der Waals surface area contributed by atoms with Gasteiger partial charge in [0.1, 0.15) is 11.8 Å². The van der Waals surface area contributed by atoms with Crippen molar-refractivity contribution in [1.29, 1.82) is 0 Å². The van der Waals surface area contributed by atoms with Crippen LogP contribution >= 0.6 is 0 Å². The summed E-state index contributed by atoms with van der Waals surface area (Å²) in [7, 11) is 0. The van der Waals surface area contributed by atoms with Gasteiger partial charge in [-0.15, -0.1) is 0 Å². The number of piperidine rings is 2. The first-order valence-electron chi connectivity index (χ1n) is 20.9. The third-order valence-electron chi connectivity index (χ3n) is 13.9. The van der Waals surface area contributed by atoms with Crippen LogP contribution in [0, 0.1) is 0 Å². The molecular formula is C42H57N9O4. The molecule has 294 valence electrons. The molecule has 3 saturated heterocycles. The number of benzene rings is 1. The second-order valence-electron chi connectivity index (χ2n) is 17.8. The van der Waals surface area contributed by atoms with Gasteiger partial charge in [-0.3, -0.25) is 9.69 Å². The molecule has 1 unspecified atom stereocenters. The fraction of sp³-hybridized carbons (Fsp3) is 0.643. The van der Waals surface area contributed by atoms with E-state index in [1.54, 1.807) is 0 Å². The molecule has 13 nitrogen and oxygen atoms in total. The van der Waals surface area contributed by atoms with Crippen LogP contribution in [0.3, 0.4) is 0 Å². The van der Waals surface area contributed by atoms with Crippen molar-refractivity contribution in [2.24, 2.45) is 0 Å². The number of pyridine rings is 1. The number of hydrogen-bond acceptors (Lipinski definition) is 9. The molecule has 0 radical (unpaired) electrons. The normalized spacial score (nSPS) is 26.0. The van der Waals surface area contributed by atoms with Crippen LogP contribution in [0.2, 0.25) is 0 Å². The number of likely N-dealkylation sites (tertiary alicyclic amines) is 2. The lowest BCUT2D eigenvalue weighted by atomic mass is 9.73. The number of imidazole rings is 1.